The lowest BCUT2D eigenvalue weighted by Crippen LogP contribution is -2.16. The minimum Gasteiger partial charge on any atom is -0.400 e. The van der Waals surface area contributed by atoms with E-state index < -0.39 is 0 Å². The van der Waals surface area contributed by atoms with E-state index in [1.165, 1.54) is 0 Å². The number of aldehydes is 1. The van der Waals surface area contributed by atoms with Gasteiger partial charge in [-0.3, -0.25) is 0 Å². The third-order valence-electron chi connectivity index (χ3n) is 1.61. The Bertz CT molecular complexity index is 224. The zero-order valence-electron chi connectivity index (χ0n) is 9.90. The first kappa shape index (κ1) is 16.2. The van der Waals surface area contributed by atoms with Crippen molar-refractivity contribution >= 4 is 6.29 Å². The Balaban J connectivity index is 0. The molecule has 2 N–H and O–H groups in total. The molecule has 0 radical (unpaired) electrons. The number of likely N-dealkylation sites (N-methyl/N-ethyl adjacent to an activating group) is 1. The Labute approximate surface area is 92.1 Å². The molecule has 0 amide bonds. The van der Waals surface area contributed by atoms with E-state index in [-0.39, 0.29) is 6.04 Å². The molecule has 0 aliphatic carbocycles. The Morgan fingerprint density at radius 2 is 1.67 bits per heavy atom. The van der Waals surface area contributed by atoms with Crippen molar-refractivity contribution in [3.05, 3.63) is 35.9 Å². The fourth-order valence-electron chi connectivity index (χ4n) is 0.974. The molecule has 3 nitrogen and oxygen atoms in total. The molecule has 1 aromatic rings. The number of aliphatic hydroxyl groups excluding tert-OH is 1. The zero-order chi connectivity index (χ0) is 12.1. The van der Waals surface area contributed by atoms with Crippen LogP contribution in [-0.4, -0.2) is 25.6 Å². The fraction of sp³-hybridized carbons (Fsp3) is 0.417. The van der Waals surface area contributed by atoms with E-state index in [1.54, 1.807) is 7.05 Å². The van der Waals surface area contributed by atoms with Gasteiger partial charge < -0.3 is 15.2 Å². The van der Waals surface area contributed by atoms with Crippen LogP contribution in [0.5, 0.6) is 0 Å². The predicted octanol–water partition coefficient (Wildman–Crippen LogP) is 1.78. The lowest BCUT2D eigenvalue weighted by Gasteiger charge is -2.07. The van der Waals surface area contributed by atoms with Crippen LogP contribution in [0.3, 0.4) is 0 Å². The third-order valence-corrected chi connectivity index (χ3v) is 1.61. The molecule has 15 heavy (non-hydrogen) atoms. The monoisotopic (exact) mass is 211 g/mol. The molecule has 0 aliphatic heterocycles. The van der Waals surface area contributed by atoms with Gasteiger partial charge in [0.15, 0.2) is 0 Å². The number of hydrogen-bond donors (Lipinski definition) is 2. The van der Waals surface area contributed by atoms with Gasteiger partial charge in [0, 0.05) is 7.11 Å². The van der Waals surface area contributed by atoms with Crippen LogP contribution >= 0.6 is 0 Å². The molecular weight excluding hydrogens is 190 g/mol. The molecule has 0 heterocycles. The maximum absolute atomic E-state index is 10.5. The van der Waals surface area contributed by atoms with Crippen molar-refractivity contribution < 1.29 is 9.90 Å². The van der Waals surface area contributed by atoms with Gasteiger partial charge in [0.1, 0.15) is 6.29 Å². The van der Waals surface area contributed by atoms with Crippen LogP contribution in [0.25, 0.3) is 0 Å². The SMILES string of the molecule is CC.CNC(C=O)c1ccccc1.CO. The summed E-state index contributed by atoms with van der Waals surface area (Å²) in [5.41, 5.74) is 1.00. The maximum Gasteiger partial charge on any atom is 0.141 e. The Hall–Kier alpha value is -1.19. The molecular formula is C12H21NO2. The van der Waals surface area contributed by atoms with Gasteiger partial charge in [-0.2, -0.15) is 0 Å². The smallest absolute Gasteiger partial charge is 0.141 e. The maximum atomic E-state index is 10.5. The van der Waals surface area contributed by atoms with E-state index in [9.17, 15) is 4.79 Å². The number of benzene rings is 1. The van der Waals surface area contributed by atoms with Crippen molar-refractivity contribution in [1.29, 1.82) is 0 Å². The highest BCUT2D eigenvalue weighted by atomic mass is 16.2. The second-order valence-corrected chi connectivity index (χ2v) is 2.31. The molecule has 86 valence electrons. The fourth-order valence-corrected chi connectivity index (χ4v) is 0.974. The van der Waals surface area contributed by atoms with Gasteiger partial charge in [0.05, 0.1) is 6.04 Å². The molecule has 0 spiro atoms. The first-order chi connectivity index (χ1) is 7.38. The average Bonchev–Trinajstić information content (AvgIpc) is 2.37. The largest absolute Gasteiger partial charge is 0.400 e. The van der Waals surface area contributed by atoms with Crippen molar-refractivity contribution in [3.63, 3.8) is 0 Å². The molecule has 0 saturated carbocycles. The van der Waals surface area contributed by atoms with Crippen molar-refractivity contribution in [2.45, 2.75) is 19.9 Å². The lowest BCUT2D eigenvalue weighted by molar-refractivity contribution is -0.109. The number of carbonyl (C=O) groups is 1. The summed E-state index contributed by atoms with van der Waals surface area (Å²) in [5.74, 6) is 0. The molecule has 1 unspecified atom stereocenters. The summed E-state index contributed by atoms with van der Waals surface area (Å²) in [6, 6.07) is 9.45. The van der Waals surface area contributed by atoms with Crippen LogP contribution in [0.4, 0.5) is 0 Å². The Morgan fingerprint density at radius 1 is 1.20 bits per heavy atom. The van der Waals surface area contributed by atoms with Crippen molar-refractivity contribution in [3.8, 4) is 0 Å². The van der Waals surface area contributed by atoms with E-state index in [0.29, 0.717) is 0 Å². The van der Waals surface area contributed by atoms with E-state index in [4.69, 9.17) is 5.11 Å². The van der Waals surface area contributed by atoms with Crippen LogP contribution < -0.4 is 5.32 Å². The van der Waals surface area contributed by atoms with E-state index in [1.807, 2.05) is 44.2 Å². The highest BCUT2D eigenvalue weighted by Gasteiger charge is 2.04. The molecule has 1 rings (SSSR count). The number of carbonyl (C=O) groups excluding carboxylic acids is 1. The molecule has 0 fully saturated rings. The second kappa shape index (κ2) is 12.8. The van der Waals surface area contributed by atoms with Crippen molar-refractivity contribution in [1.82, 2.24) is 5.32 Å². The van der Waals surface area contributed by atoms with E-state index >= 15 is 0 Å². The summed E-state index contributed by atoms with van der Waals surface area (Å²) in [4.78, 5) is 10.5. The Morgan fingerprint density at radius 3 is 2.00 bits per heavy atom. The lowest BCUT2D eigenvalue weighted by atomic mass is 10.1. The van der Waals surface area contributed by atoms with Gasteiger partial charge >= 0.3 is 0 Å². The van der Waals surface area contributed by atoms with Crippen LogP contribution in [-0.2, 0) is 4.79 Å². The summed E-state index contributed by atoms with van der Waals surface area (Å²) in [7, 11) is 2.77. The van der Waals surface area contributed by atoms with Gasteiger partial charge in [-0.1, -0.05) is 44.2 Å². The highest BCUT2D eigenvalue weighted by molar-refractivity contribution is 5.61. The van der Waals surface area contributed by atoms with Crippen LogP contribution in [0.15, 0.2) is 30.3 Å². The van der Waals surface area contributed by atoms with Crippen LogP contribution in [0.1, 0.15) is 25.5 Å². The zero-order valence-corrected chi connectivity index (χ0v) is 9.90. The predicted molar refractivity (Wildman–Crippen MR) is 63.8 cm³/mol. The quantitative estimate of drug-likeness (QED) is 0.749. The molecule has 0 aromatic heterocycles. The molecule has 1 atom stereocenters. The first-order valence-electron chi connectivity index (χ1n) is 5.00. The number of nitrogens with one attached hydrogen (secondary N) is 1. The van der Waals surface area contributed by atoms with Gasteiger partial charge in [-0.25, -0.2) is 0 Å². The standard InChI is InChI=1S/C9H11NO.C2H6.CH4O/c1-10-9(7-11)8-5-3-2-4-6-8;2*1-2/h2-7,9-10H,1H3;1-2H3;2H,1H3. The minimum atomic E-state index is -0.170. The van der Waals surface area contributed by atoms with Gasteiger partial charge in [-0.05, 0) is 12.6 Å². The van der Waals surface area contributed by atoms with Crippen LogP contribution in [0.2, 0.25) is 0 Å². The molecule has 3 heteroatoms. The normalized spacial score (nSPS) is 9.93. The summed E-state index contributed by atoms with van der Waals surface area (Å²) >= 11 is 0. The van der Waals surface area contributed by atoms with Crippen LogP contribution in [0, 0.1) is 0 Å². The topological polar surface area (TPSA) is 49.3 Å². The second-order valence-electron chi connectivity index (χ2n) is 2.31. The number of hydrogen-bond acceptors (Lipinski definition) is 3. The molecule has 0 bridgehead atoms. The number of rotatable bonds is 3. The van der Waals surface area contributed by atoms with Crippen molar-refractivity contribution in [2.24, 2.45) is 0 Å². The first-order valence-corrected chi connectivity index (χ1v) is 5.00. The van der Waals surface area contributed by atoms with E-state index in [2.05, 4.69) is 5.32 Å². The highest BCUT2D eigenvalue weighted by Crippen LogP contribution is 2.07. The summed E-state index contributed by atoms with van der Waals surface area (Å²) in [6.07, 6.45) is 0.898. The van der Waals surface area contributed by atoms with Gasteiger partial charge in [0.2, 0.25) is 0 Å². The van der Waals surface area contributed by atoms with Gasteiger partial charge in [-0.15, -0.1) is 0 Å². The summed E-state index contributed by atoms with van der Waals surface area (Å²) in [6.45, 7) is 4.00. The third kappa shape index (κ3) is 6.82. The molecule has 0 saturated heterocycles. The summed E-state index contributed by atoms with van der Waals surface area (Å²) < 4.78 is 0. The van der Waals surface area contributed by atoms with E-state index in [0.717, 1.165) is 19.0 Å². The van der Waals surface area contributed by atoms with Crippen molar-refractivity contribution in [2.75, 3.05) is 14.2 Å². The Kier molecular flexibility index (Phi) is 13.9. The summed E-state index contributed by atoms with van der Waals surface area (Å²) in [5, 5.41) is 9.90. The van der Waals surface area contributed by atoms with Gasteiger partial charge in [0.25, 0.3) is 0 Å². The molecule has 0 aliphatic rings. The average molecular weight is 211 g/mol. The minimum absolute atomic E-state index is 0.170. The molecule has 1 aromatic carbocycles. The number of aliphatic hydroxyl groups is 1.